The summed E-state index contributed by atoms with van der Waals surface area (Å²) in [7, 11) is 3.51. The zero-order valence-corrected chi connectivity index (χ0v) is 33.9. The Bertz CT molecular complexity index is 2240. The molecule has 0 atom stereocenters. The summed E-state index contributed by atoms with van der Waals surface area (Å²) in [6.07, 6.45) is 4.89. The number of hydrogen-bond donors (Lipinski definition) is 4. The summed E-state index contributed by atoms with van der Waals surface area (Å²) in [6.45, 7) is 5.16. The first-order chi connectivity index (χ1) is 28.4. The van der Waals surface area contributed by atoms with Gasteiger partial charge in [0.15, 0.2) is 0 Å². The van der Waals surface area contributed by atoms with Crippen LogP contribution in [0.15, 0.2) is 78.9 Å². The molecule has 3 aliphatic rings. The smallest absolute Gasteiger partial charge is 0.328 e. The maximum Gasteiger partial charge on any atom is 0.328 e. The number of amides is 7. The van der Waals surface area contributed by atoms with E-state index in [9.17, 15) is 28.8 Å². The zero-order valence-electron chi connectivity index (χ0n) is 33.9. The molecule has 2 aliphatic heterocycles. The van der Waals surface area contributed by atoms with Crippen molar-refractivity contribution in [3.8, 4) is 0 Å². The molecule has 4 aromatic rings. The van der Waals surface area contributed by atoms with Crippen molar-refractivity contribution in [2.24, 2.45) is 0 Å². The van der Waals surface area contributed by atoms with Crippen molar-refractivity contribution in [3.63, 3.8) is 0 Å². The predicted octanol–water partition coefficient (Wildman–Crippen LogP) is 5.31. The second-order valence-electron chi connectivity index (χ2n) is 15.9. The average molecular weight is 801 g/mol. The molecular weight excluding hydrogens is 749 g/mol. The van der Waals surface area contributed by atoms with E-state index in [2.05, 4.69) is 36.8 Å². The number of aryl methyl sites for hydroxylation is 1. The minimum absolute atomic E-state index is 0.00899. The van der Waals surface area contributed by atoms with Gasteiger partial charge in [-0.25, -0.2) is 4.79 Å². The average Bonchev–Trinajstić information content (AvgIpc) is 3.64. The maximum atomic E-state index is 13.5. The third-order valence-corrected chi connectivity index (χ3v) is 11.7. The molecule has 1 saturated heterocycles. The van der Waals surface area contributed by atoms with Crippen molar-refractivity contribution < 1.29 is 28.8 Å². The maximum absolute atomic E-state index is 13.5. The van der Waals surface area contributed by atoms with Crippen LogP contribution in [0, 0.1) is 6.92 Å². The second kappa shape index (κ2) is 17.7. The molecule has 0 unspecified atom stereocenters. The third kappa shape index (κ3) is 9.07. The fraction of sp³-hybridized carbons (Fsp3) is 0.378. The number of aromatic nitrogens is 1. The van der Waals surface area contributed by atoms with Gasteiger partial charge in [-0.1, -0.05) is 30.3 Å². The lowest BCUT2D eigenvalue weighted by Gasteiger charge is -2.53. The molecule has 1 spiro atoms. The molecule has 7 amide bonds. The summed E-state index contributed by atoms with van der Waals surface area (Å²) in [6, 6.07) is 24.0. The summed E-state index contributed by atoms with van der Waals surface area (Å²) in [5, 5.41) is 11.2. The van der Waals surface area contributed by atoms with Crippen molar-refractivity contribution in [1.29, 1.82) is 0 Å². The minimum atomic E-state index is -0.502. The predicted molar refractivity (Wildman–Crippen MR) is 224 cm³/mol. The molecule has 3 heterocycles. The molecule has 3 aromatic carbocycles. The van der Waals surface area contributed by atoms with E-state index in [1.807, 2.05) is 61.5 Å². The number of benzene rings is 3. The lowest BCUT2D eigenvalue weighted by molar-refractivity contribution is -0.120. The van der Waals surface area contributed by atoms with Gasteiger partial charge >= 0.3 is 6.03 Å². The fourth-order valence-electron chi connectivity index (χ4n) is 8.21. The van der Waals surface area contributed by atoms with Gasteiger partial charge in [-0.15, -0.1) is 0 Å². The van der Waals surface area contributed by atoms with Gasteiger partial charge in [0.25, 0.3) is 17.7 Å². The number of carbonyl (C=O) groups excluding carboxylic acids is 6. The highest BCUT2D eigenvalue weighted by Crippen LogP contribution is 2.49. The topological polar surface area (TPSA) is 165 Å². The van der Waals surface area contributed by atoms with Gasteiger partial charge in [0.05, 0.1) is 5.54 Å². The highest BCUT2D eigenvalue weighted by molar-refractivity contribution is 6.06. The molecular formula is C45H52N8O6. The first-order valence-electron chi connectivity index (χ1n) is 20.3. The van der Waals surface area contributed by atoms with Gasteiger partial charge in [0, 0.05) is 94.4 Å². The number of nitrogens with zero attached hydrogens (tertiary/aromatic N) is 4. The Morgan fingerprint density at radius 1 is 0.797 bits per heavy atom. The molecule has 4 N–H and O–H groups in total. The van der Waals surface area contributed by atoms with E-state index in [-0.39, 0.29) is 54.5 Å². The van der Waals surface area contributed by atoms with E-state index >= 15 is 0 Å². The number of urea groups is 1. The van der Waals surface area contributed by atoms with Crippen LogP contribution < -0.4 is 26.2 Å². The van der Waals surface area contributed by atoms with Crippen LogP contribution in [0.4, 0.5) is 16.2 Å². The van der Waals surface area contributed by atoms with Crippen LogP contribution in [0.3, 0.4) is 0 Å². The highest BCUT2D eigenvalue weighted by Gasteiger charge is 2.48. The van der Waals surface area contributed by atoms with Gasteiger partial charge in [0.1, 0.15) is 5.69 Å². The Morgan fingerprint density at radius 3 is 2.22 bits per heavy atom. The normalized spacial score (nSPS) is 15.8. The number of carbonyl (C=O) groups is 6. The summed E-state index contributed by atoms with van der Waals surface area (Å²) >= 11 is 0. The number of anilines is 2. The Balaban J connectivity index is 0.837. The van der Waals surface area contributed by atoms with Crippen molar-refractivity contribution in [3.05, 3.63) is 118 Å². The SMILES string of the molecule is Cc1ccc(C(=O)NCCCCC(=O)Nc2ccc(CNC(=O)c3ccc4n3CCN(Cc3ccc(C(=O)N(C)C)cc3)C43CCC3)cc2)cc1N1CCC(=O)NC1=O. The van der Waals surface area contributed by atoms with E-state index < -0.39 is 6.03 Å². The molecule has 1 aromatic heterocycles. The number of hydrogen-bond acceptors (Lipinski definition) is 7. The van der Waals surface area contributed by atoms with Crippen molar-refractivity contribution in [1.82, 2.24) is 30.3 Å². The fourth-order valence-corrected chi connectivity index (χ4v) is 8.21. The molecule has 1 saturated carbocycles. The van der Waals surface area contributed by atoms with Gasteiger partial charge in [-0.2, -0.15) is 0 Å². The van der Waals surface area contributed by atoms with Gasteiger partial charge in [-0.05, 0) is 104 Å². The Kier molecular flexibility index (Phi) is 12.3. The van der Waals surface area contributed by atoms with Crippen LogP contribution in [0.1, 0.15) is 98.5 Å². The molecule has 1 aliphatic carbocycles. The van der Waals surface area contributed by atoms with Crippen molar-refractivity contribution in [2.45, 2.75) is 77.0 Å². The summed E-state index contributed by atoms with van der Waals surface area (Å²) in [5.41, 5.74) is 6.97. The quantitative estimate of drug-likeness (QED) is 0.126. The molecule has 7 rings (SSSR count). The summed E-state index contributed by atoms with van der Waals surface area (Å²) in [5.74, 6) is -0.860. The summed E-state index contributed by atoms with van der Waals surface area (Å²) in [4.78, 5) is 80.8. The van der Waals surface area contributed by atoms with Gasteiger partial charge in [0.2, 0.25) is 11.8 Å². The summed E-state index contributed by atoms with van der Waals surface area (Å²) < 4.78 is 2.18. The van der Waals surface area contributed by atoms with Gasteiger partial charge in [-0.3, -0.25) is 39.1 Å². The standard InChI is InChI=1S/C45H52N8O6/c1-30-8-13-34(27-37(30)53-24-20-40(55)49-44(53)59)41(56)46-23-5-4-7-39(54)48-35-16-11-31(12-17-35)28-47-42(57)36-18-19-38-45(21-6-22-45)51(25-26-52(36)38)29-32-9-14-33(15-10-32)43(58)50(2)3/h8-19,27H,4-7,20-26,28-29H2,1-3H3,(H,46,56)(H,47,57)(H,48,54)(H,49,55,59). The molecule has 0 radical (unpaired) electrons. The van der Waals surface area contributed by atoms with E-state index in [0.717, 1.165) is 49.0 Å². The van der Waals surface area contributed by atoms with E-state index in [4.69, 9.17) is 0 Å². The third-order valence-electron chi connectivity index (χ3n) is 11.7. The molecule has 2 fully saturated rings. The number of unbranched alkanes of at least 4 members (excludes halogenated alkanes) is 1. The first-order valence-corrected chi connectivity index (χ1v) is 20.3. The van der Waals surface area contributed by atoms with E-state index in [1.54, 1.807) is 37.2 Å². The largest absolute Gasteiger partial charge is 0.352 e. The van der Waals surface area contributed by atoms with Crippen molar-refractivity contribution in [2.75, 3.05) is 43.9 Å². The van der Waals surface area contributed by atoms with E-state index in [0.29, 0.717) is 60.7 Å². The molecule has 308 valence electrons. The molecule has 14 nitrogen and oxygen atoms in total. The number of nitrogens with one attached hydrogen (secondary N) is 4. The Morgan fingerprint density at radius 2 is 1.53 bits per heavy atom. The van der Waals surface area contributed by atoms with Crippen LogP contribution in [0.2, 0.25) is 0 Å². The van der Waals surface area contributed by atoms with Crippen LogP contribution in [0.5, 0.6) is 0 Å². The number of rotatable bonds is 14. The van der Waals surface area contributed by atoms with E-state index in [1.165, 1.54) is 10.6 Å². The van der Waals surface area contributed by atoms with Crippen LogP contribution in [-0.2, 0) is 34.8 Å². The highest BCUT2D eigenvalue weighted by atomic mass is 16.2. The van der Waals surface area contributed by atoms with Gasteiger partial charge < -0.3 is 25.4 Å². The molecule has 14 heteroatoms. The Labute approximate surface area is 344 Å². The lowest BCUT2D eigenvalue weighted by Crippen LogP contribution is -2.56. The lowest BCUT2D eigenvalue weighted by atomic mass is 9.71. The first kappa shape index (κ1) is 40.9. The number of imide groups is 1. The zero-order chi connectivity index (χ0) is 41.7. The monoisotopic (exact) mass is 800 g/mol. The van der Waals surface area contributed by atoms with Crippen molar-refractivity contribution >= 4 is 46.9 Å². The molecule has 0 bridgehead atoms. The van der Waals surface area contributed by atoms with Crippen LogP contribution in [0.25, 0.3) is 0 Å². The second-order valence-corrected chi connectivity index (χ2v) is 15.9. The van der Waals surface area contributed by atoms with Crippen LogP contribution in [-0.4, -0.2) is 83.7 Å². The minimum Gasteiger partial charge on any atom is -0.352 e. The number of fused-ring (bicyclic) bond motifs is 2. The Hall–Kier alpha value is -6.28. The van der Waals surface area contributed by atoms with Crippen LogP contribution >= 0.6 is 0 Å². The molecule has 59 heavy (non-hydrogen) atoms.